The predicted octanol–water partition coefficient (Wildman–Crippen LogP) is 4.93. The highest BCUT2D eigenvalue weighted by Crippen LogP contribution is 2.32. The lowest BCUT2D eigenvalue weighted by Gasteiger charge is -2.06. The number of carbonyl (C=O) groups is 1. The summed E-state index contributed by atoms with van der Waals surface area (Å²) in [4.78, 5) is 16.6. The molecule has 0 unspecified atom stereocenters. The van der Waals surface area contributed by atoms with E-state index in [4.69, 9.17) is 27.9 Å². The molecule has 0 saturated carbocycles. The first-order valence-electron chi connectivity index (χ1n) is 8.36. The molecule has 0 spiro atoms. The second-order valence-corrected chi connectivity index (χ2v) is 9.77. The van der Waals surface area contributed by atoms with Gasteiger partial charge in [0.1, 0.15) is 5.75 Å². The van der Waals surface area contributed by atoms with Gasteiger partial charge in [-0.2, -0.15) is 0 Å². The summed E-state index contributed by atoms with van der Waals surface area (Å²) < 4.78 is 29.8. The molecule has 6 nitrogen and oxygen atoms in total. The van der Waals surface area contributed by atoms with Crippen molar-refractivity contribution in [1.82, 2.24) is 4.98 Å². The monoisotopic (exact) mass is 470 g/mol. The van der Waals surface area contributed by atoms with Gasteiger partial charge in [0.2, 0.25) is 5.91 Å². The molecule has 1 heterocycles. The first-order chi connectivity index (χ1) is 13.8. The number of anilines is 1. The quantitative estimate of drug-likeness (QED) is 0.528. The fraction of sp³-hybridized carbons (Fsp3) is 0.158. The SMILES string of the molecule is COc1ccc(S(=O)(=O)CCC(=O)Nc2nc(-c3cc(Cl)ccc3Cl)cs2)cc1. The number of hydrogen-bond donors (Lipinski definition) is 1. The molecule has 0 fully saturated rings. The molecule has 3 aromatic rings. The molecule has 0 radical (unpaired) electrons. The van der Waals surface area contributed by atoms with Crippen LogP contribution in [-0.4, -0.2) is 32.2 Å². The van der Waals surface area contributed by atoms with Crippen molar-refractivity contribution < 1.29 is 17.9 Å². The van der Waals surface area contributed by atoms with Gasteiger partial charge in [0.05, 0.1) is 28.5 Å². The molecule has 0 aliphatic heterocycles. The van der Waals surface area contributed by atoms with Gasteiger partial charge in [-0.1, -0.05) is 23.2 Å². The molecule has 29 heavy (non-hydrogen) atoms. The summed E-state index contributed by atoms with van der Waals surface area (Å²) in [7, 11) is -2.09. The predicted molar refractivity (Wildman–Crippen MR) is 116 cm³/mol. The van der Waals surface area contributed by atoms with Crippen LogP contribution in [0.15, 0.2) is 52.7 Å². The summed E-state index contributed by atoms with van der Waals surface area (Å²) in [6.45, 7) is 0. The Morgan fingerprint density at radius 2 is 1.90 bits per heavy atom. The fourth-order valence-electron chi connectivity index (χ4n) is 2.46. The van der Waals surface area contributed by atoms with Gasteiger partial charge < -0.3 is 10.1 Å². The van der Waals surface area contributed by atoms with E-state index in [1.165, 1.54) is 30.6 Å². The normalized spacial score (nSPS) is 11.3. The van der Waals surface area contributed by atoms with Crippen LogP contribution in [-0.2, 0) is 14.6 Å². The zero-order chi connectivity index (χ0) is 21.0. The van der Waals surface area contributed by atoms with Gasteiger partial charge in [0.25, 0.3) is 0 Å². The zero-order valence-electron chi connectivity index (χ0n) is 15.2. The van der Waals surface area contributed by atoms with E-state index < -0.39 is 15.7 Å². The molecule has 0 saturated heterocycles. The Labute approximate surface area is 182 Å². The number of amides is 1. The van der Waals surface area contributed by atoms with Crippen LogP contribution < -0.4 is 10.1 Å². The molecule has 2 aromatic carbocycles. The van der Waals surface area contributed by atoms with E-state index >= 15 is 0 Å². The van der Waals surface area contributed by atoms with Crippen molar-refractivity contribution in [2.75, 3.05) is 18.2 Å². The molecule has 152 valence electrons. The maximum atomic E-state index is 12.4. The number of aromatic nitrogens is 1. The van der Waals surface area contributed by atoms with E-state index in [0.29, 0.717) is 32.2 Å². The summed E-state index contributed by atoms with van der Waals surface area (Å²) in [6.07, 6.45) is -0.193. The summed E-state index contributed by atoms with van der Waals surface area (Å²) in [5.41, 5.74) is 1.22. The van der Waals surface area contributed by atoms with Gasteiger partial charge in [-0.25, -0.2) is 13.4 Å². The first-order valence-corrected chi connectivity index (χ1v) is 11.6. The van der Waals surface area contributed by atoms with Crippen molar-refractivity contribution >= 4 is 55.4 Å². The maximum Gasteiger partial charge on any atom is 0.227 e. The Kier molecular flexibility index (Phi) is 6.79. The van der Waals surface area contributed by atoms with Crippen molar-refractivity contribution in [2.45, 2.75) is 11.3 Å². The van der Waals surface area contributed by atoms with Crippen molar-refractivity contribution in [3.8, 4) is 17.0 Å². The number of carbonyl (C=O) groups excluding carboxylic acids is 1. The van der Waals surface area contributed by atoms with E-state index in [-0.39, 0.29) is 17.1 Å². The van der Waals surface area contributed by atoms with Crippen LogP contribution in [0.5, 0.6) is 5.75 Å². The van der Waals surface area contributed by atoms with Crippen molar-refractivity contribution in [3.63, 3.8) is 0 Å². The third-order valence-electron chi connectivity index (χ3n) is 3.97. The number of nitrogens with one attached hydrogen (secondary N) is 1. The van der Waals surface area contributed by atoms with Gasteiger partial charge in [-0.05, 0) is 42.5 Å². The van der Waals surface area contributed by atoms with E-state index in [2.05, 4.69) is 10.3 Å². The van der Waals surface area contributed by atoms with E-state index in [1.54, 1.807) is 35.7 Å². The highest BCUT2D eigenvalue weighted by atomic mass is 35.5. The van der Waals surface area contributed by atoms with E-state index in [0.717, 1.165) is 0 Å². The second-order valence-electron chi connectivity index (χ2n) is 5.95. The molecule has 0 aliphatic carbocycles. The second kappa shape index (κ2) is 9.13. The molecule has 0 bridgehead atoms. The molecule has 0 atom stereocenters. The molecule has 1 amide bonds. The summed E-state index contributed by atoms with van der Waals surface area (Å²) >= 11 is 13.4. The number of methoxy groups -OCH3 is 1. The number of ether oxygens (including phenoxy) is 1. The number of hydrogen-bond acceptors (Lipinski definition) is 6. The number of rotatable bonds is 7. The first kappa shape index (κ1) is 21.6. The molecular weight excluding hydrogens is 455 g/mol. The Hall–Kier alpha value is -2.13. The molecule has 0 aliphatic rings. The van der Waals surface area contributed by atoms with E-state index in [1.807, 2.05) is 0 Å². The largest absolute Gasteiger partial charge is 0.497 e. The van der Waals surface area contributed by atoms with Gasteiger partial charge >= 0.3 is 0 Å². The van der Waals surface area contributed by atoms with Crippen molar-refractivity contribution in [3.05, 3.63) is 57.9 Å². The van der Waals surface area contributed by atoms with Gasteiger partial charge in [0.15, 0.2) is 15.0 Å². The maximum absolute atomic E-state index is 12.4. The molecular formula is C19H16Cl2N2O4S2. The zero-order valence-corrected chi connectivity index (χ0v) is 18.3. The highest BCUT2D eigenvalue weighted by molar-refractivity contribution is 7.91. The summed E-state index contributed by atoms with van der Waals surface area (Å²) in [6, 6.07) is 11.1. The number of halogens is 2. The summed E-state index contributed by atoms with van der Waals surface area (Å²) in [5, 5.41) is 5.71. The van der Waals surface area contributed by atoms with Crippen LogP contribution in [0.3, 0.4) is 0 Å². The third-order valence-corrected chi connectivity index (χ3v) is 7.03. The lowest BCUT2D eigenvalue weighted by molar-refractivity contribution is -0.115. The third kappa shape index (κ3) is 5.48. The Bertz CT molecular complexity index is 1130. The molecule has 1 aromatic heterocycles. The smallest absolute Gasteiger partial charge is 0.227 e. The minimum absolute atomic E-state index is 0.137. The molecule has 1 N–H and O–H groups in total. The minimum atomic E-state index is -3.59. The molecule has 3 rings (SSSR count). The van der Waals surface area contributed by atoms with Crippen LogP contribution in [0, 0.1) is 0 Å². The average Bonchev–Trinajstić information content (AvgIpc) is 3.16. The Morgan fingerprint density at radius 3 is 2.59 bits per heavy atom. The van der Waals surface area contributed by atoms with Crippen LogP contribution in [0.1, 0.15) is 6.42 Å². The van der Waals surface area contributed by atoms with Crippen LogP contribution >= 0.6 is 34.5 Å². The van der Waals surface area contributed by atoms with Crippen molar-refractivity contribution in [1.29, 1.82) is 0 Å². The van der Waals surface area contributed by atoms with Crippen molar-refractivity contribution in [2.24, 2.45) is 0 Å². The topological polar surface area (TPSA) is 85.4 Å². The average molecular weight is 471 g/mol. The minimum Gasteiger partial charge on any atom is -0.497 e. The Morgan fingerprint density at radius 1 is 1.17 bits per heavy atom. The fourth-order valence-corrected chi connectivity index (χ4v) is 4.81. The number of thiazole rings is 1. The molecule has 10 heteroatoms. The lowest BCUT2D eigenvalue weighted by Crippen LogP contribution is -2.17. The summed E-state index contributed by atoms with van der Waals surface area (Å²) in [5.74, 6) is -0.204. The highest BCUT2D eigenvalue weighted by Gasteiger charge is 2.18. The van der Waals surface area contributed by atoms with Crippen LogP contribution in [0.2, 0.25) is 10.0 Å². The standard InChI is InChI=1S/C19H16Cl2N2O4S2/c1-27-13-3-5-14(6-4-13)29(25,26)9-8-18(24)23-19-22-17(11-28-19)15-10-12(20)2-7-16(15)21/h2-7,10-11H,8-9H2,1H3,(H,22,23,24). The van der Waals surface area contributed by atoms with Gasteiger partial charge in [-0.15, -0.1) is 11.3 Å². The van der Waals surface area contributed by atoms with Crippen LogP contribution in [0.4, 0.5) is 5.13 Å². The van der Waals surface area contributed by atoms with Gasteiger partial charge in [0, 0.05) is 22.4 Å². The number of sulfone groups is 1. The van der Waals surface area contributed by atoms with Crippen LogP contribution in [0.25, 0.3) is 11.3 Å². The number of nitrogens with zero attached hydrogens (tertiary/aromatic N) is 1. The Balaban J connectivity index is 1.62. The number of benzene rings is 2. The lowest BCUT2D eigenvalue weighted by atomic mass is 10.2. The van der Waals surface area contributed by atoms with Gasteiger partial charge in [-0.3, -0.25) is 4.79 Å². The van der Waals surface area contributed by atoms with E-state index in [9.17, 15) is 13.2 Å².